The molecule has 0 spiro atoms. The summed E-state index contributed by atoms with van der Waals surface area (Å²) in [4.78, 5) is 14.6. The first-order valence-corrected chi connectivity index (χ1v) is 8.70. The normalized spacial score (nSPS) is 18.5. The van der Waals surface area contributed by atoms with Gasteiger partial charge in [0.05, 0.1) is 0 Å². The Bertz CT molecular complexity index is 669. The van der Waals surface area contributed by atoms with Gasteiger partial charge in [0.25, 0.3) is 5.91 Å². The summed E-state index contributed by atoms with van der Waals surface area (Å²) >= 11 is 1.55. The molecule has 3 heterocycles. The minimum Gasteiger partial charge on any atom is -0.348 e. The van der Waals surface area contributed by atoms with Gasteiger partial charge in [-0.3, -0.25) is 9.36 Å². The molecule has 6 nitrogen and oxygen atoms in total. The van der Waals surface area contributed by atoms with Gasteiger partial charge in [-0.1, -0.05) is 11.3 Å². The summed E-state index contributed by atoms with van der Waals surface area (Å²) in [5, 5.41) is 13.3. The summed E-state index contributed by atoms with van der Waals surface area (Å²) in [6.07, 6.45) is 7.78. The molecule has 1 N–H and O–H groups in total. The van der Waals surface area contributed by atoms with Gasteiger partial charge in [0.1, 0.15) is 5.69 Å². The number of carbonyl (C=O) groups is 1. The minimum atomic E-state index is -0.0257. The molecule has 1 aliphatic carbocycles. The van der Waals surface area contributed by atoms with E-state index in [0.29, 0.717) is 11.7 Å². The number of aromatic nitrogens is 3. The maximum absolute atomic E-state index is 12.3. The number of anilines is 1. The molecular weight excluding hydrogens is 298 g/mol. The lowest BCUT2D eigenvalue weighted by molar-refractivity contribution is 0.0944. The zero-order valence-electron chi connectivity index (χ0n) is 12.4. The average Bonchev–Trinajstić information content (AvgIpc) is 3.06. The summed E-state index contributed by atoms with van der Waals surface area (Å²) in [5.41, 5.74) is 0.633. The van der Waals surface area contributed by atoms with Crippen molar-refractivity contribution < 1.29 is 4.79 Å². The molecule has 0 unspecified atom stereocenters. The highest BCUT2D eigenvalue weighted by Crippen LogP contribution is 2.27. The maximum Gasteiger partial charge on any atom is 0.268 e. The second kappa shape index (κ2) is 5.72. The molecule has 0 aromatic carbocycles. The van der Waals surface area contributed by atoms with E-state index in [-0.39, 0.29) is 5.91 Å². The molecule has 1 aliphatic heterocycles. The molecule has 22 heavy (non-hydrogen) atoms. The molecule has 116 valence electrons. The van der Waals surface area contributed by atoms with E-state index >= 15 is 0 Å². The van der Waals surface area contributed by atoms with Crippen molar-refractivity contribution in [1.82, 2.24) is 20.1 Å². The first-order chi connectivity index (χ1) is 10.8. The highest BCUT2D eigenvalue weighted by atomic mass is 32.1. The van der Waals surface area contributed by atoms with Crippen LogP contribution in [0.1, 0.15) is 42.6 Å². The second-order valence-corrected chi connectivity index (χ2v) is 6.86. The maximum atomic E-state index is 12.3. The first-order valence-electron chi connectivity index (χ1n) is 7.88. The average molecular weight is 317 g/mol. The minimum absolute atomic E-state index is 0.0257. The molecule has 4 rings (SSSR count). The standard InChI is InChI=1S/C15H19N5OS/c21-13(16-11-6-7-11)12-5-4-10-20(12)15-18-17-14(22-15)19-8-2-1-3-9-19/h4-5,10-11H,1-3,6-9H2,(H,16,21). The van der Waals surface area contributed by atoms with Crippen LogP contribution >= 0.6 is 11.3 Å². The third-order valence-electron chi connectivity index (χ3n) is 4.13. The van der Waals surface area contributed by atoms with E-state index in [9.17, 15) is 4.79 Å². The van der Waals surface area contributed by atoms with Crippen LogP contribution in [0.25, 0.3) is 5.13 Å². The number of carbonyl (C=O) groups excluding carboxylic acids is 1. The lowest BCUT2D eigenvalue weighted by Gasteiger charge is -2.25. The fraction of sp³-hybridized carbons (Fsp3) is 0.533. The number of nitrogens with one attached hydrogen (secondary N) is 1. The van der Waals surface area contributed by atoms with Gasteiger partial charge in [0.15, 0.2) is 0 Å². The van der Waals surface area contributed by atoms with E-state index in [1.54, 1.807) is 11.3 Å². The SMILES string of the molecule is O=C(NC1CC1)c1cccn1-c1nnc(N2CCCCC2)s1. The van der Waals surface area contributed by atoms with Crippen molar-refractivity contribution in [3.05, 3.63) is 24.0 Å². The Balaban J connectivity index is 1.55. The van der Waals surface area contributed by atoms with Gasteiger partial charge >= 0.3 is 0 Å². The predicted octanol–water partition coefficient (Wildman–Crippen LogP) is 2.21. The Kier molecular flexibility index (Phi) is 3.57. The molecule has 0 radical (unpaired) electrons. The number of hydrogen-bond acceptors (Lipinski definition) is 5. The Morgan fingerprint density at radius 3 is 2.73 bits per heavy atom. The van der Waals surface area contributed by atoms with Crippen LogP contribution in [-0.4, -0.2) is 39.8 Å². The van der Waals surface area contributed by atoms with Crippen LogP contribution in [0.2, 0.25) is 0 Å². The first kappa shape index (κ1) is 13.8. The van der Waals surface area contributed by atoms with Crippen molar-refractivity contribution in [3.8, 4) is 5.13 Å². The molecule has 2 fully saturated rings. The van der Waals surface area contributed by atoms with Crippen LogP contribution in [0.5, 0.6) is 0 Å². The summed E-state index contributed by atoms with van der Waals surface area (Å²) in [6, 6.07) is 4.07. The van der Waals surface area contributed by atoms with Crippen LogP contribution < -0.4 is 10.2 Å². The molecule has 1 saturated heterocycles. The van der Waals surface area contributed by atoms with E-state index in [4.69, 9.17) is 0 Å². The number of hydrogen-bond donors (Lipinski definition) is 1. The molecule has 2 aliphatic rings. The van der Waals surface area contributed by atoms with Gasteiger partial charge in [-0.25, -0.2) is 0 Å². The summed E-state index contributed by atoms with van der Waals surface area (Å²) in [6.45, 7) is 2.10. The largest absolute Gasteiger partial charge is 0.348 e. The molecule has 2 aromatic heterocycles. The summed E-state index contributed by atoms with van der Waals surface area (Å²) in [7, 11) is 0. The smallest absolute Gasteiger partial charge is 0.268 e. The zero-order valence-corrected chi connectivity index (χ0v) is 13.2. The predicted molar refractivity (Wildman–Crippen MR) is 85.8 cm³/mol. The van der Waals surface area contributed by atoms with Gasteiger partial charge in [-0.05, 0) is 44.2 Å². The van der Waals surface area contributed by atoms with Crippen molar-refractivity contribution in [2.24, 2.45) is 0 Å². The van der Waals surface area contributed by atoms with Gasteiger partial charge in [-0.2, -0.15) is 0 Å². The molecule has 1 saturated carbocycles. The van der Waals surface area contributed by atoms with E-state index in [0.717, 1.165) is 36.2 Å². The Labute approximate surface area is 133 Å². The van der Waals surface area contributed by atoms with E-state index in [2.05, 4.69) is 20.4 Å². The Morgan fingerprint density at radius 1 is 1.18 bits per heavy atom. The number of amides is 1. The van der Waals surface area contributed by atoms with Crippen LogP contribution in [0.4, 0.5) is 5.13 Å². The Morgan fingerprint density at radius 2 is 1.95 bits per heavy atom. The van der Waals surface area contributed by atoms with E-state index in [1.165, 1.54) is 19.3 Å². The third kappa shape index (κ3) is 2.72. The van der Waals surface area contributed by atoms with Crippen LogP contribution in [0, 0.1) is 0 Å². The number of nitrogens with zero attached hydrogens (tertiary/aromatic N) is 4. The van der Waals surface area contributed by atoms with Gasteiger partial charge in [0, 0.05) is 25.3 Å². The van der Waals surface area contributed by atoms with Gasteiger partial charge < -0.3 is 10.2 Å². The van der Waals surface area contributed by atoms with Crippen molar-refractivity contribution in [1.29, 1.82) is 0 Å². The van der Waals surface area contributed by atoms with Crippen LogP contribution in [0.15, 0.2) is 18.3 Å². The fourth-order valence-corrected chi connectivity index (χ4v) is 3.63. The Hall–Kier alpha value is -1.89. The highest BCUT2D eigenvalue weighted by molar-refractivity contribution is 7.17. The summed E-state index contributed by atoms with van der Waals surface area (Å²) in [5.74, 6) is -0.0257. The molecule has 2 aromatic rings. The quantitative estimate of drug-likeness (QED) is 0.939. The van der Waals surface area contributed by atoms with Gasteiger partial charge in [-0.15, -0.1) is 10.2 Å². The van der Waals surface area contributed by atoms with E-state index in [1.807, 2.05) is 22.9 Å². The lowest BCUT2D eigenvalue weighted by Crippen LogP contribution is -2.29. The molecule has 0 bridgehead atoms. The molecule has 1 amide bonds. The number of rotatable bonds is 4. The zero-order chi connectivity index (χ0) is 14.9. The van der Waals surface area contributed by atoms with Gasteiger partial charge in [0.2, 0.25) is 10.3 Å². The van der Waals surface area contributed by atoms with Crippen molar-refractivity contribution >= 4 is 22.4 Å². The van der Waals surface area contributed by atoms with Crippen LogP contribution in [-0.2, 0) is 0 Å². The molecule has 7 heteroatoms. The fourth-order valence-electron chi connectivity index (χ4n) is 2.74. The monoisotopic (exact) mass is 317 g/mol. The molecule has 0 atom stereocenters. The van der Waals surface area contributed by atoms with Crippen LogP contribution in [0.3, 0.4) is 0 Å². The molecular formula is C15H19N5OS. The van der Waals surface area contributed by atoms with E-state index < -0.39 is 0 Å². The summed E-state index contributed by atoms with van der Waals surface area (Å²) < 4.78 is 1.84. The topological polar surface area (TPSA) is 63.1 Å². The third-order valence-corrected chi connectivity index (χ3v) is 5.11. The van der Waals surface area contributed by atoms with Crippen molar-refractivity contribution in [3.63, 3.8) is 0 Å². The second-order valence-electron chi connectivity index (χ2n) is 5.93. The van der Waals surface area contributed by atoms with Crippen molar-refractivity contribution in [2.45, 2.75) is 38.1 Å². The van der Waals surface area contributed by atoms with Crippen molar-refractivity contribution in [2.75, 3.05) is 18.0 Å². The number of piperidine rings is 1. The lowest BCUT2D eigenvalue weighted by atomic mass is 10.1. The highest BCUT2D eigenvalue weighted by Gasteiger charge is 2.25.